The van der Waals surface area contributed by atoms with Gasteiger partial charge < -0.3 is 35.5 Å². The van der Waals surface area contributed by atoms with E-state index in [1.54, 1.807) is 24.5 Å². The number of fused-ring (bicyclic) bond motifs is 2. The zero-order chi connectivity index (χ0) is 31.4. The summed E-state index contributed by atoms with van der Waals surface area (Å²) in [6, 6.07) is 5.55. The van der Waals surface area contributed by atoms with Gasteiger partial charge in [0.15, 0.2) is 0 Å². The SMILES string of the molecule is CCNC(=O)NC(C1=CC2=CC=CNC2Cc2ccc(Cl)cc21)c1cncn1C.COC(C)(C)C.O=CN1CCNCC1. The van der Waals surface area contributed by atoms with Crippen LogP contribution in [0.2, 0.25) is 5.02 Å². The predicted molar refractivity (Wildman–Crippen MR) is 173 cm³/mol. The van der Waals surface area contributed by atoms with Gasteiger partial charge >= 0.3 is 6.03 Å². The van der Waals surface area contributed by atoms with Crippen LogP contribution in [0, 0.1) is 0 Å². The second-order valence-electron chi connectivity index (χ2n) is 11.4. The molecule has 0 bridgehead atoms. The molecule has 4 N–H and O–H groups in total. The number of methoxy groups -OCH3 is 1. The number of carbonyl (C=O) groups excluding carboxylic acids is 2. The van der Waals surface area contributed by atoms with E-state index in [9.17, 15) is 9.59 Å². The molecular weight excluding hydrogens is 566 g/mol. The number of nitrogens with zero attached hydrogens (tertiary/aromatic N) is 3. The highest BCUT2D eigenvalue weighted by Gasteiger charge is 2.29. The summed E-state index contributed by atoms with van der Waals surface area (Å²) in [7, 11) is 3.64. The third kappa shape index (κ3) is 10.3. The summed E-state index contributed by atoms with van der Waals surface area (Å²) >= 11 is 6.38. The van der Waals surface area contributed by atoms with Crippen LogP contribution in [0.4, 0.5) is 4.79 Å². The number of aromatic nitrogens is 2. The fraction of sp³-hybridized carbons (Fsp3) is 0.469. The minimum Gasteiger partial charge on any atom is -0.384 e. The topological polar surface area (TPSA) is 113 Å². The Morgan fingerprint density at radius 2 is 2.00 bits per heavy atom. The van der Waals surface area contributed by atoms with Crippen molar-refractivity contribution in [3.8, 4) is 0 Å². The molecule has 10 nitrogen and oxygen atoms in total. The molecule has 2 atom stereocenters. The molecule has 3 heterocycles. The summed E-state index contributed by atoms with van der Waals surface area (Å²) in [5.74, 6) is 0. The molecule has 0 saturated carbocycles. The van der Waals surface area contributed by atoms with E-state index in [1.165, 1.54) is 11.1 Å². The second-order valence-corrected chi connectivity index (χ2v) is 11.9. The van der Waals surface area contributed by atoms with Crippen molar-refractivity contribution in [3.05, 3.63) is 82.6 Å². The van der Waals surface area contributed by atoms with Crippen LogP contribution in [-0.2, 0) is 23.0 Å². The summed E-state index contributed by atoms with van der Waals surface area (Å²) < 4.78 is 6.87. The molecule has 1 fully saturated rings. The van der Waals surface area contributed by atoms with Gasteiger partial charge in [0, 0.05) is 51.9 Å². The van der Waals surface area contributed by atoms with Crippen LogP contribution in [-0.4, -0.2) is 78.4 Å². The quantitative estimate of drug-likeness (QED) is 0.381. The van der Waals surface area contributed by atoms with E-state index in [-0.39, 0.29) is 23.7 Å². The van der Waals surface area contributed by atoms with Gasteiger partial charge in [-0.3, -0.25) is 4.79 Å². The molecule has 1 aromatic heterocycles. The van der Waals surface area contributed by atoms with Gasteiger partial charge in [0.1, 0.15) is 0 Å². The molecule has 0 radical (unpaired) electrons. The molecule has 1 aromatic carbocycles. The van der Waals surface area contributed by atoms with E-state index in [0.29, 0.717) is 11.6 Å². The minimum absolute atomic E-state index is 0.0417. The van der Waals surface area contributed by atoms with Gasteiger partial charge in [-0.2, -0.15) is 0 Å². The van der Waals surface area contributed by atoms with Crippen LogP contribution in [0.1, 0.15) is 50.6 Å². The van der Waals surface area contributed by atoms with Crippen LogP contribution in [0.5, 0.6) is 0 Å². The van der Waals surface area contributed by atoms with E-state index >= 15 is 0 Å². The van der Waals surface area contributed by atoms with Gasteiger partial charge in [-0.15, -0.1) is 0 Å². The second kappa shape index (κ2) is 16.3. The smallest absolute Gasteiger partial charge is 0.315 e. The lowest BCUT2D eigenvalue weighted by Crippen LogP contribution is -2.42. The van der Waals surface area contributed by atoms with E-state index < -0.39 is 0 Å². The third-order valence-corrected chi connectivity index (χ3v) is 7.44. The minimum atomic E-state index is -0.378. The number of benzene rings is 1. The van der Waals surface area contributed by atoms with Gasteiger partial charge in [-0.25, -0.2) is 9.78 Å². The van der Waals surface area contributed by atoms with Crippen LogP contribution >= 0.6 is 11.6 Å². The Hall–Kier alpha value is -3.60. The van der Waals surface area contributed by atoms with Crippen molar-refractivity contribution in [2.24, 2.45) is 7.05 Å². The number of urea groups is 1. The number of aryl methyl sites for hydroxylation is 1. The lowest BCUT2D eigenvalue weighted by Gasteiger charge is -2.24. The maximum absolute atomic E-state index is 12.5. The summed E-state index contributed by atoms with van der Waals surface area (Å²) in [4.78, 5) is 28.6. The van der Waals surface area contributed by atoms with Crippen molar-refractivity contribution in [3.63, 3.8) is 0 Å². The lowest BCUT2D eigenvalue weighted by molar-refractivity contribution is -0.118. The average molecular weight is 612 g/mol. The Morgan fingerprint density at radius 1 is 1.28 bits per heavy atom. The summed E-state index contributed by atoms with van der Waals surface area (Å²) in [6.45, 7) is 12.1. The highest BCUT2D eigenvalue weighted by atomic mass is 35.5. The first-order chi connectivity index (χ1) is 20.6. The number of imidazole rings is 1. The van der Waals surface area contributed by atoms with Crippen molar-refractivity contribution in [1.82, 2.24) is 35.7 Å². The Morgan fingerprint density at radius 3 is 2.58 bits per heavy atom. The number of hydrogen-bond donors (Lipinski definition) is 4. The normalized spacial score (nSPS) is 17.9. The Balaban J connectivity index is 0.000000298. The van der Waals surface area contributed by atoms with E-state index in [0.717, 1.165) is 55.8 Å². The molecule has 1 aliphatic carbocycles. The number of hydrogen-bond acceptors (Lipinski definition) is 6. The van der Waals surface area contributed by atoms with Gasteiger partial charge in [0.2, 0.25) is 6.41 Å². The van der Waals surface area contributed by atoms with Crippen molar-refractivity contribution in [2.75, 3.05) is 39.8 Å². The number of allylic oxidation sites excluding steroid dienone is 2. The molecule has 1 saturated heterocycles. The third-order valence-electron chi connectivity index (χ3n) is 7.20. The van der Waals surface area contributed by atoms with Crippen LogP contribution in [0.25, 0.3) is 5.57 Å². The molecule has 11 heteroatoms. The number of amides is 3. The molecule has 43 heavy (non-hydrogen) atoms. The standard InChI is InChI=1S/C22H24ClN5O.C5H10N2O.C5H12O/c1-3-25-22(29)27-21(20-12-24-13-28(20)2)18-9-15-5-4-8-26-19(15)10-14-6-7-16(23)11-17(14)18;8-5-7-3-1-6-2-4-7;1-5(2,3)6-4/h4-9,11-13,19,21,26H,3,10H2,1-2H3,(H2,25,27,29);5-6H,1-4H2;1-4H3. The van der Waals surface area contributed by atoms with Crippen molar-refractivity contribution >= 4 is 29.6 Å². The molecular formula is C32H46ClN7O3. The van der Waals surface area contributed by atoms with Crippen LogP contribution in [0.15, 0.2) is 60.7 Å². The zero-order valence-corrected chi connectivity index (χ0v) is 26.9. The van der Waals surface area contributed by atoms with E-state index in [2.05, 4.69) is 44.5 Å². The van der Waals surface area contributed by atoms with Crippen molar-refractivity contribution in [1.29, 1.82) is 0 Å². The molecule has 2 aliphatic heterocycles. The molecule has 3 amide bonds. The molecule has 0 spiro atoms. The highest BCUT2D eigenvalue weighted by Crippen LogP contribution is 2.38. The molecule has 2 unspecified atom stereocenters. The summed E-state index contributed by atoms with van der Waals surface area (Å²) in [6.07, 6.45) is 13.5. The van der Waals surface area contributed by atoms with Crippen LogP contribution < -0.4 is 21.3 Å². The van der Waals surface area contributed by atoms with Crippen molar-refractivity contribution < 1.29 is 14.3 Å². The highest BCUT2D eigenvalue weighted by molar-refractivity contribution is 6.30. The fourth-order valence-electron chi connectivity index (χ4n) is 4.67. The first-order valence-electron chi connectivity index (χ1n) is 14.6. The number of halogens is 1. The molecule has 3 aliphatic rings. The van der Waals surface area contributed by atoms with E-state index in [1.807, 2.05) is 63.7 Å². The van der Waals surface area contributed by atoms with Crippen LogP contribution in [0.3, 0.4) is 0 Å². The maximum atomic E-state index is 12.5. The Bertz CT molecular complexity index is 1310. The zero-order valence-electron chi connectivity index (χ0n) is 26.1. The van der Waals surface area contributed by atoms with Gasteiger partial charge in [0.05, 0.1) is 35.9 Å². The number of dihydropyridines is 1. The van der Waals surface area contributed by atoms with Crippen molar-refractivity contribution in [2.45, 2.75) is 51.8 Å². The first kappa shape index (κ1) is 33.9. The first-order valence-corrected chi connectivity index (χ1v) is 15.0. The average Bonchev–Trinajstić information content (AvgIpc) is 3.35. The molecule has 234 valence electrons. The summed E-state index contributed by atoms with van der Waals surface area (Å²) in [5, 5.41) is 13.2. The van der Waals surface area contributed by atoms with Gasteiger partial charge in [0.25, 0.3) is 0 Å². The predicted octanol–water partition coefficient (Wildman–Crippen LogP) is 3.96. The number of rotatable bonds is 5. The Kier molecular flexibility index (Phi) is 12.9. The molecule has 5 rings (SSSR count). The largest absolute Gasteiger partial charge is 0.384 e. The number of nitrogens with one attached hydrogen (secondary N) is 4. The fourth-order valence-corrected chi connectivity index (χ4v) is 4.84. The van der Waals surface area contributed by atoms with Gasteiger partial charge in [-0.05, 0) is 80.8 Å². The number of carbonyl (C=O) groups is 2. The lowest BCUT2D eigenvalue weighted by atomic mass is 9.92. The van der Waals surface area contributed by atoms with E-state index in [4.69, 9.17) is 16.3 Å². The summed E-state index contributed by atoms with van der Waals surface area (Å²) in [5.41, 5.74) is 5.31. The van der Waals surface area contributed by atoms with Gasteiger partial charge in [-0.1, -0.05) is 29.8 Å². The molecule has 2 aromatic rings. The number of ether oxygens (including phenoxy) is 1. The monoisotopic (exact) mass is 611 g/mol. The Labute approximate surface area is 260 Å². The number of piperazine rings is 1. The maximum Gasteiger partial charge on any atom is 0.315 e.